The van der Waals surface area contributed by atoms with Gasteiger partial charge in [0, 0.05) is 35.9 Å². The molecule has 1 atom stereocenters. The fraction of sp³-hybridized carbons (Fsp3) is 0.500. The maximum atomic E-state index is 14.1. The molecule has 1 aliphatic rings. The zero-order valence-electron chi connectivity index (χ0n) is 13.6. The first-order valence-corrected chi connectivity index (χ1v) is 8.18. The quantitative estimate of drug-likeness (QED) is 0.860. The summed E-state index contributed by atoms with van der Waals surface area (Å²) in [6.45, 7) is 10.6. The van der Waals surface area contributed by atoms with Crippen molar-refractivity contribution in [3.05, 3.63) is 35.8 Å². The van der Waals surface area contributed by atoms with E-state index >= 15 is 0 Å². The number of halogens is 1. The van der Waals surface area contributed by atoms with Crippen LogP contribution in [0.25, 0.3) is 10.9 Å². The van der Waals surface area contributed by atoms with Gasteiger partial charge in [0.1, 0.15) is 11.3 Å². The van der Waals surface area contributed by atoms with Crippen LogP contribution in [0.1, 0.15) is 26.0 Å². The largest absolute Gasteiger partial charge is 0.369 e. The fourth-order valence-electron chi connectivity index (χ4n) is 3.58. The molecule has 2 aromatic rings. The zero-order valence-corrected chi connectivity index (χ0v) is 13.6. The minimum absolute atomic E-state index is 0.234. The summed E-state index contributed by atoms with van der Waals surface area (Å²) < 4.78 is 14.1. The molecule has 1 aromatic carbocycles. The number of nitrogens with zero attached hydrogens (tertiary/aromatic N) is 3. The van der Waals surface area contributed by atoms with Crippen LogP contribution in [0.5, 0.6) is 0 Å². The van der Waals surface area contributed by atoms with E-state index in [-0.39, 0.29) is 5.82 Å². The van der Waals surface area contributed by atoms with Crippen LogP contribution < -0.4 is 4.90 Å². The SMILES string of the molecule is CCN(CC)C1CCN(c2cc(C)nc3c(F)cccc23)C1. The van der Waals surface area contributed by atoms with Crippen LogP contribution in [-0.4, -0.2) is 42.1 Å². The van der Waals surface area contributed by atoms with Gasteiger partial charge in [-0.25, -0.2) is 9.37 Å². The highest BCUT2D eigenvalue weighted by molar-refractivity contribution is 5.92. The summed E-state index contributed by atoms with van der Waals surface area (Å²) in [5.74, 6) is -0.234. The van der Waals surface area contributed by atoms with Gasteiger partial charge in [-0.3, -0.25) is 4.90 Å². The van der Waals surface area contributed by atoms with Gasteiger partial charge in [0.25, 0.3) is 0 Å². The smallest absolute Gasteiger partial charge is 0.149 e. The van der Waals surface area contributed by atoms with Gasteiger partial charge in [0.2, 0.25) is 0 Å². The highest BCUT2D eigenvalue weighted by Crippen LogP contribution is 2.31. The van der Waals surface area contributed by atoms with Gasteiger partial charge in [-0.1, -0.05) is 26.0 Å². The first-order valence-electron chi connectivity index (χ1n) is 8.18. The van der Waals surface area contributed by atoms with Crippen molar-refractivity contribution in [1.82, 2.24) is 9.88 Å². The normalized spacial score (nSPS) is 18.6. The summed E-state index contributed by atoms with van der Waals surface area (Å²) in [7, 11) is 0. The lowest BCUT2D eigenvalue weighted by molar-refractivity contribution is 0.232. The molecule has 3 rings (SSSR count). The van der Waals surface area contributed by atoms with Crippen molar-refractivity contribution in [1.29, 1.82) is 0 Å². The third-order valence-corrected chi connectivity index (χ3v) is 4.73. The van der Waals surface area contributed by atoms with Crippen molar-refractivity contribution in [2.24, 2.45) is 0 Å². The molecule has 2 heterocycles. The second-order valence-corrected chi connectivity index (χ2v) is 6.03. The van der Waals surface area contributed by atoms with Crippen molar-refractivity contribution in [3.8, 4) is 0 Å². The van der Waals surface area contributed by atoms with Gasteiger partial charge >= 0.3 is 0 Å². The number of aromatic nitrogens is 1. The van der Waals surface area contributed by atoms with E-state index in [2.05, 4.69) is 34.7 Å². The molecule has 22 heavy (non-hydrogen) atoms. The molecule has 0 saturated carbocycles. The van der Waals surface area contributed by atoms with E-state index in [9.17, 15) is 4.39 Å². The summed E-state index contributed by atoms with van der Waals surface area (Å²) in [6, 6.07) is 7.92. The van der Waals surface area contributed by atoms with E-state index < -0.39 is 0 Å². The molecule has 0 N–H and O–H groups in total. The second kappa shape index (κ2) is 6.21. The monoisotopic (exact) mass is 301 g/mol. The predicted molar refractivity (Wildman–Crippen MR) is 90.0 cm³/mol. The van der Waals surface area contributed by atoms with Crippen LogP contribution in [-0.2, 0) is 0 Å². The molecular formula is C18H24FN3. The van der Waals surface area contributed by atoms with Gasteiger partial charge in [0.05, 0.1) is 0 Å². The molecule has 1 saturated heterocycles. The summed E-state index contributed by atoms with van der Waals surface area (Å²) in [5.41, 5.74) is 2.49. The Labute approximate surface area is 131 Å². The van der Waals surface area contributed by atoms with E-state index in [0.717, 1.165) is 42.9 Å². The molecule has 118 valence electrons. The average molecular weight is 301 g/mol. The Morgan fingerprint density at radius 1 is 1.32 bits per heavy atom. The second-order valence-electron chi connectivity index (χ2n) is 6.03. The third-order valence-electron chi connectivity index (χ3n) is 4.73. The van der Waals surface area contributed by atoms with Crippen LogP contribution in [0.3, 0.4) is 0 Å². The Balaban J connectivity index is 1.96. The summed E-state index contributed by atoms with van der Waals surface area (Å²) in [4.78, 5) is 9.28. The first-order chi connectivity index (χ1) is 10.6. The van der Waals surface area contributed by atoms with Crippen molar-refractivity contribution in [2.45, 2.75) is 33.2 Å². The standard InChI is InChI=1S/C18H24FN3/c1-4-21(5-2)14-9-10-22(12-14)17-11-13(3)20-18-15(17)7-6-8-16(18)19/h6-8,11,14H,4-5,9-10,12H2,1-3H3. The van der Waals surface area contributed by atoms with E-state index in [1.807, 2.05) is 13.0 Å². The topological polar surface area (TPSA) is 19.4 Å². The fourth-order valence-corrected chi connectivity index (χ4v) is 3.58. The zero-order chi connectivity index (χ0) is 15.7. The van der Waals surface area contributed by atoms with Crippen LogP contribution in [0.2, 0.25) is 0 Å². The number of hydrogen-bond donors (Lipinski definition) is 0. The number of aryl methyl sites for hydroxylation is 1. The minimum atomic E-state index is -0.234. The van der Waals surface area contributed by atoms with Crippen LogP contribution in [0, 0.1) is 12.7 Å². The molecule has 1 unspecified atom stereocenters. The molecule has 3 nitrogen and oxygen atoms in total. The molecular weight excluding hydrogens is 277 g/mol. The van der Waals surface area contributed by atoms with E-state index in [0.29, 0.717) is 11.6 Å². The summed E-state index contributed by atoms with van der Waals surface area (Å²) in [5, 5.41) is 0.922. The number of fused-ring (bicyclic) bond motifs is 1. The third kappa shape index (κ3) is 2.68. The Kier molecular flexibility index (Phi) is 4.30. The number of rotatable bonds is 4. The molecule has 4 heteroatoms. The molecule has 0 spiro atoms. The van der Waals surface area contributed by atoms with Gasteiger partial charge < -0.3 is 4.90 Å². The Bertz CT molecular complexity index is 667. The predicted octanol–water partition coefficient (Wildman–Crippen LogP) is 3.60. The lowest BCUT2D eigenvalue weighted by Gasteiger charge is -2.27. The van der Waals surface area contributed by atoms with Crippen molar-refractivity contribution >= 4 is 16.6 Å². The molecule has 0 amide bonds. The average Bonchev–Trinajstić information content (AvgIpc) is 2.98. The van der Waals surface area contributed by atoms with Crippen LogP contribution in [0.15, 0.2) is 24.3 Å². The lowest BCUT2D eigenvalue weighted by Crippen LogP contribution is -2.37. The number of hydrogen-bond acceptors (Lipinski definition) is 3. The van der Waals surface area contributed by atoms with E-state index in [1.54, 1.807) is 6.07 Å². The maximum Gasteiger partial charge on any atom is 0.149 e. The van der Waals surface area contributed by atoms with Gasteiger partial charge in [-0.05, 0) is 38.6 Å². The maximum absolute atomic E-state index is 14.1. The van der Waals surface area contributed by atoms with Crippen LogP contribution >= 0.6 is 0 Å². The molecule has 0 aliphatic carbocycles. The van der Waals surface area contributed by atoms with E-state index in [4.69, 9.17) is 0 Å². The number of anilines is 1. The minimum Gasteiger partial charge on any atom is -0.369 e. The summed E-state index contributed by atoms with van der Waals surface area (Å²) >= 11 is 0. The summed E-state index contributed by atoms with van der Waals surface area (Å²) in [6.07, 6.45) is 1.17. The highest BCUT2D eigenvalue weighted by atomic mass is 19.1. The van der Waals surface area contributed by atoms with Gasteiger partial charge in [0.15, 0.2) is 0 Å². The molecule has 0 radical (unpaired) electrons. The number of likely N-dealkylation sites (N-methyl/N-ethyl adjacent to an activating group) is 1. The first kappa shape index (κ1) is 15.2. The lowest BCUT2D eigenvalue weighted by atomic mass is 10.1. The number of benzene rings is 1. The van der Waals surface area contributed by atoms with Crippen molar-refractivity contribution in [2.75, 3.05) is 31.1 Å². The molecule has 1 aliphatic heterocycles. The van der Waals surface area contributed by atoms with Crippen molar-refractivity contribution < 1.29 is 4.39 Å². The number of pyridine rings is 1. The Morgan fingerprint density at radius 2 is 2.09 bits per heavy atom. The Morgan fingerprint density at radius 3 is 2.82 bits per heavy atom. The Hall–Kier alpha value is -1.68. The van der Waals surface area contributed by atoms with Crippen LogP contribution in [0.4, 0.5) is 10.1 Å². The molecule has 0 bridgehead atoms. The van der Waals surface area contributed by atoms with Crippen molar-refractivity contribution in [3.63, 3.8) is 0 Å². The molecule has 1 aromatic heterocycles. The molecule has 1 fully saturated rings. The highest BCUT2D eigenvalue weighted by Gasteiger charge is 2.27. The number of para-hydroxylation sites is 1. The van der Waals surface area contributed by atoms with E-state index in [1.165, 1.54) is 12.5 Å². The van der Waals surface area contributed by atoms with Gasteiger partial charge in [-0.2, -0.15) is 0 Å². The van der Waals surface area contributed by atoms with Gasteiger partial charge in [-0.15, -0.1) is 0 Å².